The molecule has 55 heavy (non-hydrogen) atoms. The third-order valence-electron chi connectivity index (χ3n) is 11.4. The Morgan fingerprint density at radius 3 is 1.89 bits per heavy atom. The molecule has 5 amide bonds. The van der Waals surface area contributed by atoms with Gasteiger partial charge in [0.25, 0.3) is 5.91 Å². The predicted octanol–water partition coefficient (Wildman–Crippen LogP) is 5.59. The summed E-state index contributed by atoms with van der Waals surface area (Å²) < 4.78 is 0. The van der Waals surface area contributed by atoms with Crippen molar-refractivity contribution in [2.75, 3.05) is 62.2 Å². The maximum Gasteiger partial charge on any atom is 0.320 e. The van der Waals surface area contributed by atoms with Gasteiger partial charge in [0.05, 0.1) is 0 Å². The summed E-state index contributed by atoms with van der Waals surface area (Å²) in [6, 6.07) is 31.8. The normalized spacial score (nSPS) is 19.3. The van der Waals surface area contributed by atoms with E-state index in [1.807, 2.05) is 46.2 Å². The van der Waals surface area contributed by atoms with Gasteiger partial charge in [-0.3, -0.25) is 19.7 Å². The maximum absolute atomic E-state index is 13.6. The lowest BCUT2D eigenvalue weighted by Gasteiger charge is -2.41. The number of anilines is 2. The first-order valence-corrected chi connectivity index (χ1v) is 19.3. The summed E-state index contributed by atoms with van der Waals surface area (Å²) in [5.41, 5.74) is 9.36. The third kappa shape index (κ3) is 7.26. The summed E-state index contributed by atoms with van der Waals surface area (Å²) in [6.45, 7) is 7.91. The Labute approximate surface area is 321 Å². The van der Waals surface area contributed by atoms with E-state index in [1.165, 1.54) is 11.1 Å². The molecule has 0 bridgehead atoms. The molecule has 282 valence electrons. The molecular weight excluding hydrogens is 693 g/mol. The van der Waals surface area contributed by atoms with Crippen molar-refractivity contribution in [3.05, 3.63) is 125 Å². The van der Waals surface area contributed by atoms with Crippen LogP contribution in [0.3, 0.4) is 0 Å². The number of nitrogens with zero attached hydrogens (tertiary/aromatic N) is 5. The molecule has 4 heterocycles. The molecule has 11 nitrogen and oxygen atoms in total. The zero-order valence-electron chi connectivity index (χ0n) is 31.1. The number of piperidine rings is 1. The molecule has 1 atom stereocenters. The lowest BCUT2D eigenvalue weighted by Crippen LogP contribution is -2.57. The fraction of sp³-hybridized carbons (Fsp3) is 0.318. The number of phenols is 1. The number of benzene rings is 4. The summed E-state index contributed by atoms with van der Waals surface area (Å²) in [6.07, 6.45) is 1.43. The number of fused-ring (bicyclic) bond motifs is 1. The van der Waals surface area contributed by atoms with Crippen LogP contribution in [-0.2, 0) is 16.1 Å². The van der Waals surface area contributed by atoms with Crippen LogP contribution in [0.15, 0.2) is 97.1 Å². The highest BCUT2D eigenvalue weighted by Crippen LogP contribution is 2.36. The van der Waals surface area contributed by atoms with Crippen molar-refractivity contribution in [1.29, 1.82) is 0 Å². The Balaban J connectivity index is 0.869. The van der Waals surface area contributed by atoms with Crippen LogP contribution >= 0.6 is 0 Å². The van der Waals surface area contributed by atoms with Crippen molar-refractivity contribution in [2.24, 2.45) is 0 Å². The van der Waals surface area contributed by atoms with Crippen molar-refractivity contribution in [3.8, 4) is 5.75 Å². The maximum atomic E-state index is 13.6. The zero-order chi connectivity index (χ0) is 38.1. The van der Waals surface area contributed by atoms with Gasteiger partial charge >= 0.3 is 6.03 Å². The Morgan fingerprint density at radius 2 is 1.29 bits per heavy atom. The second-order valence-electron chi connectivity index (χ2n) is 14.6. The molecule has 4 aliphatic rings. The van der Waals surface area contributed by atoms with E-state index in [9.17, 15) is 24.3 Å². The molecule has 4 aromatic rings. The van der Waals surface area contributed by atoms with Gasteiger partial charge in [-0.2, -0.15) is 0 Å². The molecule has 0 radical (unpaired) electrons. The number of carbonyl (C=O) groups is 4. The monoisotopic (exact) mass is 738 g/mol. The number of allylic oxidation sites excluding steroid dienone is 1. The van der Waals surface area contributed by atoms with Crippen LogP contribution in [-0.4, -0.2) is 102 Å². The van der Waals surface area contributed by atoms with E-state index in [4.69, 9.17) is 0 Å². The number of urea groups is 1. The van der Waals surface area contributed by atoms with E-state index in [2.05, 4.69) is 70.6 Å². The number of hydrogen-bond donors (Lipinski definition) is 2. The van der Waals surface area contributed by atoms with Crippen LogP contribution in [0.4, 0.5) is 16.2 Å². The summed E-state index contributed by atoms with van der Waals surface area (Å²) in [5.74, 6) is -0.638. The van der Waals surface area contributed by atoms with Crippen LogP contribution in [0, 0.1) is 0 Å². The SMILES string of the molecule is CC/C(=C(/c1ccc(O)cc1)c1ccc(N2CCN(C(=O)N3CCN(c4ccc5c(c4)CN([C@H]4CCC(=O)NC4=O)C5=O)CC3)CC2)cc1)c1ccccc1. The van der Waals surface area contributed by atoms with Crippen LogP contribution in [0.25, 0.3) is 11.1 Å². The number of carbonyl (C=O) groups excluding carboxylic acids is 4. The molecule has 4 aliphatic heterocycles. The zero-order valence-corrected chi connectivity index (χ0v) is 31.1. The van der Waals surface area contributed by atoms with E-state index in [0.29, 0.717) is 57.8 Å². The Bertz CT molecular complexity index is 2120. The average Bonchev–Trinajstić information content (AvgIpc) is 3.55. The van der Waals surface area contributed by atoms with Gasteiger partial charge in [0.15, 0.2) is 0 Å². The molecule has 2 N–H and O–H groups in total. The van der Waals surface area contributed by atoms with Crippen LogP contribution < -0.4 is 15.1 Å². The standard InChI is InChI=1S/C44H46N6O5/c1-2-37(30-6-4-3-5-7-30)41(32-10-15-36(51)16-11-32)31-8-12-34(13-9-31)46-20-24-48(25-21-46)44(55)49-26-22-47(23-27-49)35-14-17-38-33(28-35)29-50(43(38)54)39-18-19-40(52)45-42(39)53/h3-17,28,39,51H,2,18-27,29H2,1H3,(H,45,52,53)/b41-37-/t39-/m0/s1. The van der Waals surface area contributed by atoms with Gasteiger partial charge in [-0.25, -0.2) is 4.79 Å². The minimum absolute atomic E-state index is 0.0748. The van der Waals surface area contributed by atoms with Crippen molar-refractivity contribution in [1.82, 2.24) is 20.0 Å². The summed E-state index contributed by atoms with van der Waals surface area (Å²) in [7, 11) is 0. The van der Waals surface area contributed by atoms with Crippen LogP contribution in [0.5, 0.6) is 5.75 Å². The number of rotatable bonds is 7. The second kappa shape index (κ2) is 15.3. The third-order valence-corrected chi connectivity index (χ3v) is 11.4. The average molecular weight is 739 g/mol. The van der Waals surface area contributed by atoms with E-state index < -0.39 is 11.9 Å². The van der Waals surface area contributed by atoms with Crippen molar-refractivity contribution in [2.45, 2.75) is 38.8 Å². The topological polar surface area (TPSA) is 117 Å². The number of nitrogens with one attached hydrogen (secondary N) is 1. The van der Waals surface area contributed by atoms with Crippen molar-refractivity contribution < 1.29 is 24.3 Å². The summed E-state index contributed by atoms with van der Waals surface area (Å²) in [4.78, 5) is 60.9. The number of hydrogen-bond acceptors (Lipinski definition) is 7. The first kappa shape index (κ1) is 35.9. The minimum Gasteiger partial charge on any atom is -0.508 e. The number of phenolic OH excluding ortho intramolecular Hbond substituents is 1. The molecule has 11 heteroatoms. The molecule has 3 fully saturated rings. The molecule has 0 saturated carbocycles. The van der Waals surface area contributed by atoms with Crippen LogP contribution in [0.2, 0.25) is 0 Å². The number of aromatic hydroxyl groups is 1. The van der Waals surface area contributed by atoms with Gasteiger partial charge in [-0.1, -0.05) is 61.5 Å². The number of imide groups is 1. The minimum atomic E-state index is -0.634. The van der Waals surface area contributed by atoms with E-state index in [0.717, 1.165) is 53.1 Å². The lowest BCUT2D eigenvalue weighted by atomic mass is 9.88. The molecule has 0 spiro atoms. The molecule has 4 aromatic carbocycles. The molecule has 0 aliphatic carbocycles. The van der Waals surface area contributed by atoms with Gasteiger partial charge in [0.2, 0.25) is 11.8 Å². The quantitative estimate of drug-likeness (QED) is 0.188. The van der Waals surface area contributed by atoms with E-state index >= 15 is 0 Å². The summed E-state index contributed by atoms with van der Waals surface area (Å²) in [5, 5.41) is 12.3. The van der Waals surface area contributed by atoms with Gasteiger partial charge in [-0.05, 0) is 88.7 Å². The van der Waals surface area contributed by atoms with Gasteiger partial charge in [0, 0.05) is 82.3 Å². The van der Waals surface area contributed by atoms with Gasteiger partial charge < -0.3 is 29.6 Å². The second-order valence-corrected chi connectivity index (χ2v) is 14.6. The van der Waals surface area contributed by atoms with Crippen molar-refractivity contribution in [3.63, 3.8) is 0 Å². The fourth-order valence-electron chi connectivity index (χ4n) is 8.42. The molecule has 8 rings (SSSR count). The molecular formula is C44H46N6O5. The van der Waals surface area contributed by atoms with Gasteiger partial charge in [0.1, 0.15) is 11.8 Å². The highest BCUT2D eigenvalue weighted by atomic mass is 16.3. The molecule has 0 aromatic heterocycles. The first-order chi connectivity index (χ1) is 26.8. The number of amides is 5. The smallest absolute Gasteiger partial charge is 0.320 e. The highest BCUT2D eigenvalue weighted by Gasteiger charge is 2.39. The number of piperazine rings is 2. The van der Waals surface area contributed by atoms with Crippen LogP contribution in [0.1, 0.15) is 58.8 Å². The Hall–Kier alpha value is -6.10. The Kier molecular flexibility index (Phi) is 10.0. The van der Waals surface area contributed by atoms with Crippen molar-refractivity contribution >= 4 is 46.3 Å². The molecule has 0 unspecified atom stereocenters. The molecule has 3 saturated heterocycles. The fourth-order valence-corrected chi connectivity index (χ4v) is 8.42. The predicted molar refractivity (Wildman–Crippen MR) is 213 cm³/mol. The first-order valence-electron chi connectivity index (χ1n) is 19.3. The van der Waals surface area contributed by atoms with E-state index in [-0.39, 0.29) is 30.0 Å². The highest BCUT2D eigenvalue weighted by molar-refractivity contribution is 6.05. The summed E-state index contributed by atoms with van der Waals surface area (Å²) >= 11 is 0. The largest absolute Gasteiger partial charge is 0.508 e. The van der Waals surface area contributed by atoms with Gasteiger partial charge in [-0.15, -0.1) is 0 Å². The Morgan fingerprint density at radius 1 is 0.709 bits per heavy atom. The lowest BCUT2D eigenvalue weighted by molar-refractivity contribution is -0.136. The van der Waals surface area contributed by atoms with E-state index in [1.54, 1.807) is 17.0 Å².